The lowest BCUT2D eigenvalue weighted by molar-refractivity contribution is -0.144. The number of benzene rings is 1. The van der Waals surface area contributed by atoms with Crippen molar-refractivity contribution in [1.29, 1.82) is 0 Å². The fourth-order valence-electron chi connectivity index (χ4n) is 2.18. The van der Waals surface area contributed by atoms with Crippen molar-refractivity contribution in [2.24, 2.45) is 5.73 Å². The van der Waals surface area contributed by atoms with E-state index in [0.29, 0.717) is 25.9 Å². The number of amides is 2. The summed E-state index contributed by atoms with van der Waals surface area (Å²) in [5.74, 6) is -0.119. The quantitative estimate of drug-likeness (QED) is 0.823. The van der Waals surface area contributed by atoms with Gasteiger partial charge in [-0.3, -0.25) is 14.5 Å². The highest BCUT2D eigenvalue weighted by Crippen LogP contribution is 2.16. The van der Waals surface area contributed by atoms with Crippen LogP contribution in [0.4, 0.5) is 0 Å². The molecule has 0 aromatic heterocycles. The Bertz CT molecular complexity index is 439. The molecule has 1 fully saturated rings. The first-order valence-electron chi connectivity index (χ1n) is 6.32. The highest BCUT2D eigenvalue weighted by molar-refractivity contribution is 5.95. The molecule has 1 aromatic rings. The normalized spacial score (nSPS) is 16.8. The Morgan fingerprint density at radius 1 is 1.06 bits per heavy atom. The molecule has 1 aliphatic heterocycles. The van der Waals surface area contributed by atoms with E-state index in [9.17, 15) is 9.59 Å². The van der Waals surface area contributed by atoms with Crippen LogP contribution >= 0.6 is 0 Å². The van der Waals surface area contributed by atoms with Gasteiger partial charge in [0.2, 0.25) is 11.8 Å². The maximum absolute atomic E-state index is 11.9. The topological polar surface area (TPSA) is 63.4 Å². The highest BCUT2D eigenvalue weighted by Gasteiger charge is 2.23. The van der Waals surface area contributed by atoms with Gasteiger partial charge in [-0.05, 0) is 24.0 Å². The van der Waals surface area contributed by atoms with E-state index in [1.807, 2.05) is 24.3 Å². The lowest BCUT2D eigenvalue weighted by Gasteiger charge is -2.19. The third kappa shape index (κ3) is 2.96. The number of nitrogens with two attached hydrogens (primary N) is 1. The number of hydrogen-bond acceptors (Lipinski definition) is 3. The zero-order valence-electron chi connectivity index (χ0n) is 10.4. The highest BCUT2D eigenvalue weighted by atomic mass is 16.2. The van der Waals surface area contributed by atoms with Gasteiger partial charge in [-0.2, -0.15) is 0 Å². The van der Waals surface area contributed by atoms with E-state index in [0.717, 1.165) is 24.0 Å². The molecule has 4 nitrogen and oxygen atoms in total. The molecule has 18 heavy (non-hydrogen) atoms. The lowest BCUT2D eigenvalue weighted by atomic mass is 10.1. The van der Waals surface area contributed by atoms with Gasteiger partial charge in [-0.25, -0.2) is 0 Å². The standard InChI is InChI=1S/C14H18N2O2/c15-9-11-4-3-5-12(8-11)10-16-13(17)6-1-2-7-14(16)18/h3-5,8H,1-2,6-7,9-10,15H2. The van der Waals surface area contributed by atoms with Gasteiger partial charge < -0.3 is 5.73 Å². The van der Waals surface area contributed by atoms with Crippen LogP contribution in [0.3, 0.4) is 0 Å². The van der Waals surface area contributed by atoms with Crippen LogP contribution in [0.25, 0.3) is 0 Å². The van der Waals surface area contributed by atoms with Gasteiger partial charge in [0.05, 0.1) is 6.54 Å². The first kappa shape index (κ1) is 12.8. The second-order valence-electron chi connectivity index (χ2n) is 4.60. The maximum atomic E-state index is 11.9. The molecule has 0 atom stereocenters. The molecule has 1 aromatic carbocycles. The largest absolute Gasteiger partial charge is 0.326 e. The number of carbonyl (C=O) groups excluding carboxylic acids is 2. The van der Waals surface area contributed by atoms with Crippen LogP contribution in [0.15, 0.2) is 24.3 Å². The Labute approximate surface area is 107 Å². The van der Waals surface area contributed by atoms with Crippen molar-refractivity contribution in [2.75, 3.05) is 0 Å². The number of nitrogens with zero attached hydrogens (tertiary/aromatic N) is 1. The fraction of sp³-hybridized carbons (Fsp3) is 0.429. The molecular formula is C14H18N2O2. The molecule has 2 rings (SSSR count). The summed E-state index contributed by atoms with van der Waals surface area (Å²) in [5, 5.41) is 0. The zero-order valence-corrected chi connectivity index (χ0v) is 10.4. The summed E-state index contributed by atoms with van der Waals surface area (Å²) >= 11 is 0. The van der Waals surface area contributed by atoms with Gasteiger partial charge in [-0.15, -0.1) is 0 Å². The van der Waals surface area contributed by atoms with Gasteiger partial charge in [-0.1, -0.05) is 24.3 Å². The Hall–Kier alpha value is -1.68. The van der Waals surface area contributed by atoms with Crippen LogP contribution in [-0.2, 0) is 22.7 Å². The third-order valence-electron chi connectivity index (χ3n) is 3.20. The van der Waals surface area contributed by atoms with Crippen molar-refractivity contribution < 1.29 is 9.59 Å². The van der Waals surface area contributed by atoms with Crippen molar-refractivity contribution in [2.45, 2.75) is 38.8 Å². The summed E-state index contributed by atoms with van der Waals surface area (Å²) in [6, 6.07) is 7.72. The van der Waals surface area contributed by atoms with Crippen molar-refractivity contribution in [1.82, 2.24) is 4.90 Å². The van der Waals surface area contributed by atoms with E-state index < -0.39 is 0 Å². The van der Waals surface area contributed by atoms with E-state index in [-0.39, 0.29) is 11.8 Å². The van der Waals surface area contributed by atoms with E-state index in [1.165, 1.54) is 4.90 Å². The van der Waals surface area contributed by atoms with Crippen molar-refractivity contribution in [3.63, 3.8) is 0 Å². The molecule has 2 N–H and O–H groups in total. The second kappa shape index (κ2) is 5.78. The van der Waals surface area contributed by atoms with Crippen LogP contribution in [0, 0.1) is 0 Å². The molecule has 0 spiro atoms. The van der Waals surface area contributed by atoms with E-state index in [1.54, 1.807) is 0 Å². The van der Waals surface area contributed by atoms with Crippen LogP contribution < -0.4 is 5.73 Å². The number of imide groups is 1. The Kier molecular flexibility index (Phi) is 4.10. The predicted octanol–water partition coefficient (Wildman–Crippen LogP) is 1.57. The SMILES string of the molecule is NCc1cccc(CN2C(=O)CCCCC2=O)c1. The molecule has 2 amide bonds. The van der Waals surface area contributed by atoms with Gasteiger partial charge in [0.1, 0.15) is 0 Å². The van der Waals surface area contributed by atoms with Crippen LogP contribution in [0.1, 0.15) is 36.8 Å². The minimum Gasteiger partial charge on any atom is -0.326 e. The average molecular weight is 246 g/mol. The molecule has 4 heteroatoms. The predicted molar refractivity (Wildman–Crippen MR) is 68.4 cm³/mol. The number of likely N-dealkylation sites (tertiary alicyclic amines) is 1. The molecule has 1 heterocycles. The monoisotopic (exact) mass is 246 g/mol. The summed E-state index contributed by atoms with van der Waals surface area (Å²) in [5.41, 5.74) is 7.56. The number of rotatable bonds is 3. The average Bonchev–Trinajstić information content (AvgIpc) is 2.54. The van der Waals surface area contributed by atoms with E-state index in [2.05, 4.69) is 0 Å². The van der Waals surface area contributed by atoms with Gasteiger partial charge in [0, 0.05) is 19.4 Å². The molecule has 0 radical (unpaired) electrons. The summed E-state index contributed by atoms with van der Waals surface area (Å²) in [6.45, 7) is 0.835. The van der Waals surface area contributed by atoms with E-state index in [4.69, 9.17) is 5.73 Å². The van der Waals surface area contributed by atoms with Crippen molar-refractivity contribution in [3.05, 3.63) is 35.4 Å². The molecule has 1 aliphatic rings. The summed E-state index contributed by atoms with van der Waals surface area (Å²) in [6.07, 6.45) is 2.57. The minimum atomic E-state index is -0.0596. The maximum Gasteiger partial charge on any atom is 0.229 e. The lowest BCUT2D eigenvalue weighted by Crippen LogP contribution is -2.34. The smallest absolute Gasteiger partial charge is 0.229 e. The van der Waals surface area contributed by atoms with Gasteiger partial charge in [0.15, 0.2) is 0 Å². The zero-order chi connectivity index (χ0) is 13.0. The summed E-state index contributed by atoms with van der Waals surface area (Å²) < 4.78 is 0. The molecular weight excluding hydrogens is 228 g/mol. The summed E-state index contributed by atoms with van der Waals surface area (Å²) in [4.78, 5) is 25.1. The summed E-state index contributed by atoms with van der Waals surface area (Å²) in [7, 11) is 0. The molecule has 0 saturated carbocycles. The first-order chi connectivity index (χ1) is 8.70. The molecule has 0 bridgehead atoms. The Balaban J connectivity index is 2.14. The van der Waals surface area contributed by atoms with Crippen molar-refractivity contribution >= 4 is 11.8 Å². The van der Waals surface area contributed by atoms with E-state index >= 15 is 0 Å². The fourth-order valence-corrected chi connectivity index (χ4v) is 2.18. The molecule has 96 valence electrons. The molecule has 0 unspecified atom stereocenters. The molecule has 0 aliphatic carbocycles. The van der Waals surface area contributed by atoms with Crippen LogP contribution in [-0.4, -0.2) is 16.7 Å². The second-order valence-corrected chi connectivity index (χ2v) is 4.60. The number of hydrogen-bond donors (Lipinski definition) is 1. The third-order valence-corrected chi connectivity index (χ3v) is 3.20. The Morgan fingerprint density at radius 3 is 2.28 bits per heavy atom. The molecule has 1 saturated heterocycles. The van der Waals surface area contributed by atoms with Gasteiger partial charge in [0.25, 0.3) is 0 Å². The first-order valence-corrected chi connectivity index (χ1v) is 6.32. The number of carbonyl (C=O) groups is 2. The van der Waals surface area contributed by atoms with Crippen LogP contribution in [0.2, 0.25) is 0 Å². The Morgan fingerprint density at radius 2 is 1.67 bits per heavy atom. The van der Waals surface area contributed by atoms with Crippen molar-refractivity contribution in [3.8, 4) is 0 Å². The minimum absolute atomic E-state index is 0.0596. The van der Waals surface area contributed by atoms with Crippen LogP contribution in [0.5, 0.6) is 0 Å². The van der Waals surface area contributed by atoms with Gasteiger partial charge >= 0.3 is 0 Å².